The standard InChI is InChI=1S/C6H13NO8P2/c8-5(9)4-2-1-3-7(4)6(16(10,11)12)17(13,14)15/h4,6H,1-3H2,(H,8,9)(H2,10,11,12)(H2,13,14,15). The number of hydrogen-bond donors (Lipinski definition) is 5. The minimum Gasteiger partial charge on any atom is -0.480 e. The summed E-state index contributed by atoms with van der Waals surface area (Å²) in [5.41, 5.74) is -2.38. The molecule has 0 saturated carbocycles. The molecule has 0 aliphatic carbocycles. The highest BCUT2D eigenvalue weighted by Gasteiger charge is 2.52. The fourth-order valence-electron chi connectivity index (χ4n) is 1.91. The van der Waals surface area contributed by atoms with Crippen LogP contribution in [0.15, 0.2) is 0 Å². The summed E-state index contributed by atoms with van der Waals surface area (Å²) >= 11 is 0. The van der Waals surface area contributed by atoms with Crippen molar-refractivity contribution in [3.8, 4) is 0 Å². The SMILES string of the molecule is O=C(O)C1CCCN1C(P(=O)(O)O)P(=O)(O)O. The van der Waals surface area contributed by atoms with Gasteiger partial charge in [0.2, 0.25) is 5.52 Å². The third kappa shape index (κ3) is 3.35. The van der Waals surface area contributed by atoms with Crippen LogP contribution in [0.2, 0.25) is 0 Å². The van der Waals surface area contributed by atoms with Crippen molar-refractivity contribution in [3.63, 3.8) is 0 Å². The lowest BCUT2D eigenvalue weighted by Crippen LogP contribution is -2.42. The van der Waals surface area contributed by atoms with Crippen molar-refractivity contribution >= 4 is 21.2 Å². The van der Waals surface area contributed by atoms with E-state index >= 15 is 0 Å². The van der Waals surface area contributed by atoms with Crippen LogP contribution in [0, 0.1) is 0 Å². The smallest absolute Gasteiger partial charge is 0.355 e. The van der Waals surface area contributed by atoms with E-state index in [4.69, 9.17) is 24.7 Å². The quantitative estimate of drug-likeness (QED) is 0.417. The van der Waals surface area contributed by atoms with Crippen LogP contribution in [-0.4, -0.2) is 53.7 Å². The third-order valence-corrected chi connectivity index (χ3v) is 6.08. The number of carboxylic acids is 1. The number of carboxylic acid groups (broad SMARTS) is 1. The van der Waals surface area contributed by atoms with Gasteiger partial charge in [0, 0.05) is 6.54 Å². The summed E-state index contributed by atoms with van der Waals surface area (Å²) in [6.07, 6.45) is 0.416. The normalized spacial score (nSPS) is 23.2. The zero-order chi connectivity index (χ0) is 13.4. The molecule has 0 spiro atoms. The molecule has 0 aromatic heterocycles. The van der Waals surface area contributed by atoms with Gasteiger partial charge in [0.1, 0.15) is 6.04 Å². The summed E-state index contributed by atoms with van der Waals surface area (Å²) in [7, 11) is -10.2. The fraction of sp³-hybridized carbons (Fsp3) is 0.833. The van der Waals surface area contributed by atoms with E-state index in [0.29, 0.717) is 11.3 Å². The highest BCUT2D eigenvalue weighted by Crippen LogP contribution is 2.62. The molecule has 1 heterocycles. The van der Waals surface area contributed by atoms with Crippen molar-refractivity contribution in [1.29, 1.82) is 0 Å². The van der Waals surface area contributed by atoms with Crippen LogP contribution in [0.1, 0.15) is 12.8 Å². The van der Waals surface area contributed by atoms with Gasteiger partial charge < -0.3 is 24.7 Å². The molecule has 0 amide bonds. The maximum absolute atomic E-state index is 11.1. The molecule has 1 atom stereocenters. The van der Waals surface area contributed by atoms with Gasteiger partial charge in [-0.05, 0) is 12.8 Å². The summed E-state index contributed by atoms with van der Waals surface area (Å²) in [5.74, 6) is -1.35. The number of likely N-dealkylation sites (tertiary alicyclic amines) is 1. The molecule has 9 nitrogen and oxygen atoms in total. The number of nitrogens with zero attached hydrogens (tertiary/aromatic N) is 1. The van der Waals surface area contributed by atoms with E-state index in [9.17, 15) is 13.9 Å². The lowest BCUT2D eigenvalue weighted by atomic mass is 10.2. The van der Waals surface area contributed by atoms with Crippen molar-refractivity contribution in [3.05, 3.63) is 0 Å². The molecule has 100 valence electrons. The van der Waals surface area contributed by atoms with Gasteiger partial charge in [-0.1, -0.05) is 0 Å². The molecule has 17 heavy (non-hydrogen) atoms. The van der Waals surface area contributed by atoms with Crippen LogP contribution >= 0.6 is 15.2 Å². The second-order valence-corrected chi connectivity index (χ2v) is 7.50. The average molecular weight is 289 g/mol. The predicted molar refractivity (Wildman–Crippen MR) is 55.2 cm³/mol. The minimum absolute atomic E-state index is 0.0716. The van der Waals surface area contributed by atoms with Gasteiger partial charge in [-0.15, -0.1) is 0 Å². The van der Waals surface area contributed by atoms with Crippen LogP contribution in [0.25, 0.3) is 0 Å². The summed E-state index contributed by atoms with van der Waals surface area (Å²) in [6.45, 7) is -0.0716. The molecule has 1 rings (SSSR count). The van der Waals surface area contributed by atoms with E-state index in [1.165, 1.54) is 0 Å². The first-order valence-corrected chi connectivity index (χ1v) is 8.00. The lowest BCUT2D eigenvalue weighted by molar-refractivity contribution is -0.142. The number of rotatable bonds is 4. The van der Waals surface area contributed by atoms with Gasteiger partial charge in [0.15, 0.2) is 0 Å². The summed E-state index contributed by atoms with van der Waals surface area (Å²) < 4.78 is 22.2. The maximum Gasteiger partial charge on any atom is 0.355 e. The molecule has 0 bridgehead atoms. The van der Waals surface area contributed by atoms with Gasteiger partial charge >= 0.3 is 21.2 Å². The highest BCUT2D eigenvalue weighted by molar-refractivity contribution is 7.70. The van der Waals surface area contributed by atoms with Crippen molar-refractivity contribution in [2.45, 2.75) is 24.4 Å². The zero-order valence-corrected chi connectivity index (χ0v) is 10.4. The molecule has 0 aromatic carbocycles. The van der Waals surface area contributed by atoms with E-state index in [1.807, 2.05) is 0 Å². The Morgan fingerprint density at radius 2 is 1.65 bits per heavy atom. The van der Waals surface area contributed by atoms with Crippen LogP contribution in [0.3, 0.4) is 0 Å². The fourth-order valence-corrected chi connectivity index (χ4v) is 4.81. The van der Waals surface area contributed by atoms with E-state index in [1.54, 1.807) is 0 Å². The first-order valence-electron chi connectivity index (χ1n) is 4.64. The first kappa shape index (κ1) is 14.8. The molecule has 0 aromatic rings. The molecule has 0 radical (unpaired) electrons. The summed E-state index contributed by atoms with van der Waals surface area (Å²) in [6, 6.07) is -1.28. The molecule has 1 saturated heterocycles. The predicted octanol–water partition coefficient (Wildman–Crippen LogP) is -0.826. The Morgan fingerprint density at radius 3 is 2.00 bits per heavy atom. The second kappa shape index (κ2) is 4.78. The Morgan fingerprint density at radius 1 is 1.18 bits per heavy atom. The minimum atomic E-state index is -5.12. The van der Waals surface area contributed by atoms with E-state index in [2.05, 4.69) is 0 Å². The molecular formula is C6H13NO8P2. The van der Waals surface area contributed by atoms with E-state index < -0.39 is 32.7 Å². The van der Waals surface area contributed by atoms with Gasteiger partial charge in [-0.25, -0.2) is 0 Å². The average Bonchev–Trinajstić information content (AvgIpc) is 2.46. The molecule has 1 unspecified atom stereocenters. The van der Waals surface area contributed by atoms with Crippen LogP contribution < -0.4 is 0 Å². The molecule has 1 aliphatic heterocycles. The Labute approximate surface area is 96.4 Å². The summed E-state index contributed by atoms with van der Waals surface area (Å²) in [5, 5.41) is 8.82. The van der Waals surface area contributed by atoms with E-state index in [0.717, 1.165) is 0 Å². The zero-order valence-electron chi connectivity index (χ0n) is 8.58. The van der Waals surface area contributed by atoms with E-state index in [-0.39, 0.29) is 13.0 Å². The number of hydrogen-bond acceptors (Lipinski definition) is 4. The Bertz CT molecular complexity index is 377. The van der Waals surface area contributed by atoms with Crippen LogP contribution in [0.4, 0.5) is 0 Å². The van der Waals surface area contributed by atoms with Gasteiger partial charge in [-0.2, -0.15) is 0 Å². The van der Waals surface area contributed by atoms with Gasteiger partial charge in [-0.3, -0.25) is 18.8 Å². The monoisotopic (exact) mass is 289 g/mol. The largest absolute Gasteiger partial charge is 0.480 e. The summed E-state index contributed by atoms with van der Waals surface area (Å²) in [4.78, 5) is 47.3. The number of carbonyl (C=O) groups is 1. The topological polar surface area (TPSA) is 156 Å². The molecule has 11 heteroatoms. The Balaban J connectivity index is 3.12. The highest BCUT2D eigenvalue weighted by atomic mass is 31.2. The van der Waals surface area contributed by atoms with Crippen molar-refractivity contribution in [2.75, 3.05) is 6.54 Å². The maximum atomic E-state index is 11.1. The van der Waals surface area contributed by atoms with Crippen molar-refractivity contribution in [1.82, 2.24) is 4.90 Å². The molecule has 5 N–H and O–H groups in total. The lowest BCUT2D eigenvalue weighted by Gasteiger charge is -2.31. The van der Waals surface area contributed by atoms with Crippen molar-refractivity contribution < 1.29 is 38.6 Å². The Hall–Kier alpha value is -0.270. The van der Waals surface area contributed by atoms with Gasteiger partial charge in [0.05, 0.1) is 0 Å². The molecular weight excluding hydrogens is 276 g/mol. The van der Waals surface area contributed by atoms with Crippen molar-refractivity contribution in [2.24, 2.45) is 0 Å². The van der Waals surface area contributed by atoms with Crippen LogP contribution in [0.5, 0.6) is 0 Å². The van der Waals surface area contributed by atoms with Gasteiger partial charge in [0.25, 0.3) is 0 Å². The Kier molecular flexibility index (Phi) is 4.16. The first-order chi connectivity index (χ1) is 7.55. The molecule has 1 aliphatic rings. The molecule has 1 fully saturated rings. The second-order valence-electron chi connectivity index (χ2n) is 3.76. The van der Waals surface area contributed by atoms with Crippen LogP contribution in [-0.2, 0) is 13.9 Å². The number of aliphatic carboxylic acids is 1. The third-order valence-electron chi connectivity index (χ3n) is 2.48.